The number of anilines is 1. The molecule has 1 N–H and O–H groups in total. The van der Waals surface area contributed by atoms with Crippen molar-refractivity contribution in [2.45, 2.75) is 62.3 Å². The molecule has 8 rings (SSSR count). The van der Waals surface area contributed by atoms with Gasteiger partial charge in [-0.15, -0.1) is 0 Å². The van der Waals surface area contributed by atoms with Crippen molar-refractivity contribution in [2.75, 3.05) is 5.32 Å². The molecule has 0 saturated heterocycles. The first-order valence-corrected chi connectivity index (χ1v) is 12.4. The van der Waals surface area contributed by atoms with Gasteiger partial charge in [-0.05, 0) is 96.8 Å². The predicted octanol–water partition coefficient (Wildman–Crippen LogP) is 6.89. The van der Waals surface area contributed by atoms with Gasteiger partial charge in [0, 0.05) is 23.7 Å². The maximum atomic E-state index is 11.1. The summed E-state index contributed by atoms with van der Waals surface area (Å²) in [4.78, 5) is 10.8. The number of hydrogen-bond donors (Lipinski definition) is 1. The van der Waals surface area contributed by atoms with Crippen LogP contribution in [0.1, 0.15) is 73.6 Å². The van der Waals surface area contributed by atoms with Gasteiger partial charge in [0.05, 0.1) is 11.0 Å². The van der Waals surface area contributed by atoms with Crippen LogP contribution in [0.3, 0.4) is 0 Å². The highest BCUT2D eigenvalue weighted by Gasteiger charge is 2.52. The van der Waals surface area contributed by atoms with E-state index in [4.69, 9.17) is 0 Å². The molecule has 1 heterocycles. The Morgan fingerprint density at radius 1 is 0.938 bits per heavy atom. The van der Waals surface area contributed by atoms with Crippen molar-refractivity contribution in [3.05, 3.63) is 81.4 Å². The van der Waals surface area contributed by atoms with Crippen molar-refractivity contribution >= 4 is 11.4 Å². The molecular formula is C28H30N2O2. The van der Waals surface area contributed by atoms with Crippen molar-refractivity contribution < 1.29 is 4.92 Å². The number of fused-ring (bicyclic) bond motifs is 3. The first-order chi connectivity index (χ1) is 15.6. The van der Waals surface area contributed by atoms with Crippen LogP contribution in [0.2, 0.25) is 0 Å². The SMILES string of the molecule is O=[N+]([O-])c1ccc([C@@H]2Nc3ccc(C45CC6CC(CC(C6)C4)C5)cc3[C@@H]3C=CC[C@@H]32)cc1. The fourth-order valence-corrected chi connectivity index (χ4v) is 8.52. The number of nitro benzene ring substituents is 1. The monoisotopic (exact) mass is 426 g/mol. The standard InChI is InChI=1S/C28H30N2O2/c31-30(32)22-7-4-20(5-8-22)27-24-3-1-2-23(24)25-13-21(6-9-26(25)29-27)28-14-17-10-18(15-28)12-19(11-17)16-28/h1-2,4-9,13,17-19,23-24,27,29H,3,10-12,14-16H2/t17?,18?,19?,23-,24+,27+,28?/m1/s1. The third-order valence-corrected chi connectivity index (χ3v) is 9.48. The number of nitro groups is 1. The minimum absolute atomic E-state index is 0.159. The van der Waals surface area contributed by atoms with E-state index in [0.717, 1.165) is 29.7 Å². The topological polar surface area (TPSA) is 55.2 Å². The van der Waals surface area contributed by atoms with Gasteiger partial charge in [-0.25, -0.2) is 0 Å². The van der Waals surface area contributed by atoms with Crippen LogP contribution in [0.5, 0.6) is 0 Å². The molecule has 4 saturated carbocycles. The maximum absolute atomic E-state index is 11.1. The lowest BCUT2D eigenvalue weighted by Crippen LogP contribution is -2.48. The van der Waals surface area contributed by atoms with E-state index in [-0.39, 0.29) is 16.7 Å². The minimum Gasteiger partial charge on any atom is -0.378 e. The van der Waals surface area contributed by atoms with Gasteiger partial charge < -0.3 is 5.32 Å². The number of nitrogens with zero attached hydrogens (tertiary/aromatic N) is 1. The summed E-state index contributed by atoms with van der Waals surface area (Å²) in [6.45, 7) is 0. The van der Waals surface area contributed by atoms with E-state index in [1.54, 1.807) is 17.7 Å². The second-order valence-corrected chi connectivity index (χ2v) is 11.3. The fraction of sp³-hybridized carbons (Fsp3) is 0.500. The zero-order valence-corrected chi connectivity index (χ0v) is 18.4. The summed E-state index contributed by atoms with van der Waals surface area (Å²) in [5.74, 6) is 3.78. The average molecular weight is 427 g/mol. The third-order valence-electron chi connectivity index (χ3n) is 9.48. The van der Waals surface area contributed by atoms with E-state index < -0.39 is 0 Å². The molecule has 0 spiro atoms. The molecule has 4 heteroatoms. The van der Waals surface area contributed by atoms with Crippen LogP contribution in [0.25, 0.3) is 0 Å². The van der Waals surface area contributed by atoms with E-state index in [1.165, 1.54) is 49.8 Å². The average Bonchev–Trinajstić information content (AvgIpc) is 3.28. The second-order valence-electron chi connectivity index (χ2n) is 11.3. The van der Waals surface area contributed by atoms with Gasteiger partial charge in [-0.1, -0.05) is 36.4 Å². The Morgan fingerprint density at radius 2 is 1.62 bits per heavy atom. The van der Waals surface area contributed by atoms with Crippen LogP contribution in [0, 0.1) is 33.8 Å². The van der Waals surface area contributed by atoms with E-state index in [9.17, 15) is 10.1 Å². The molecule has 32 heavy (non-hydrogen) atoms. The lowest BCUT2D eigenvalue weighted by Gasteiger charge is -2.57. The summed E-state index contributed by atoms with van der Waals surface area (Å²) < 4.78 is 0. The van der Waals surface area contributed by atoms with Gasteiger partial charge in [0.15, 0.2) is 0 Å². The second kappa shape index (κ2) is 6.69. The molecule has 6 aliphatic rings. The summed E-state index contributed by atoms with van der Waals surface area (Å²) >= 11 is 0. The molecule has 2 aromatic carbocycles. The Balaban J connectivity index is 1.24. The van der Waals surface area contributed by atoms with Crippen molar-refractivity contribution in [3.63, 3.8) is 0 Å². The Labute approximate surface area is 189 Å². The molecule has 1 aliphatic heterocycles. The smallest absolute Gasteiger partial charge is 0.269 e. The van der Waals surface area contributed by atoms with Crippen molar-refractivity contribution in [2.24, 2.45) is 23.7 Å². The van der Waals surface area contributed by atoms with Crippen LogP contribution in [-0.2, 0) is 5.41 Å². The normalized spacial score (nSPS) is 38.2. The molecule has 2 aromatic rings. The molecule has 164 valence electrons. The predicted molar refractivity (Wildman–Crippen MR) is 126 cm³/mol. The Morgan fingerprint density at radius 3 is 2.28 bits per heavy atom. The summed E-state index contributed by atoms with van der Waals surface area (Å²) in [5, 5.41) is 14.9. The lowest BCUT2D eigenvalue weighted by atomic mass is 9.48. The van der Waals surface area contributed by atoms with Gasteiger partial charge in [0.1, 0.15) is 0 Å². The highest BCUT2D eigenvalue weighted by molar-refractivity contribution is 5.61. The molecule has 0 unspecified atom stereocenters. The van der Waals surface area contributed by atoms with E-state index in [2.05, 4.69) is 35.7 Å². The zero-order valence-electron chi connectivity index (χ0n) is 18.4. The van der Waals surface area contributed by atoms with Gasteiger partial charge in [-0.2, -0.15) is 0 Å². The van der Waals surface area contributed by atoms with E-state index >= 15 is 0 Å². The molecule has 4 nitrogen and oxygen atoms in total. The first kappa shape index (κ1) is 18.9. The number of non-ortho nitro benzene ring substituents is 1. The van der Waals surface area contributed by atoms with Crippen molar-refractivity contribution in [3.8, 4) is 0 Å². The van der Waals surface area contributed by atoms with E-state index in [1.807, 2.05) is 12.1 Å². The number of allylic oxidation sites excluding steroid dienone is 2. The van der Waals surface area contributed by atoms with Crippen molar-refractivity contribution in [1.29, 1.82) is 0 Å². The minimum atomic E-state index is -0.320. The quantitative estimate of drug-likeness (QED) is 0.330. The van der Waals surface area contributed by atoms with Crippen LogP contribution in [0.4, 0.5) is 11.4 Å². The summed E-state index contributed by atoms with van der Waals surface area (Å²) in [6.07, 6.45) is 14.5. The molecule has 0 radical (unpaired) electrons. The fourth-order valence-electron chi connectivity index (χ4n) is 8.52. The van der Waals surface area contributed by atoms with Crippen molar-refractivity contribution in [1.82, 2.24) is 0 Å². The molecule has 4 fully saturated rings. The van der Waals surface area contributed by atoms with Crippen LogP contribution in [-0.4, -0.2) is 4.92 Å². The highest BCUT2D eigenvalue weighted by atomic mass is 16.6. The number of hydrogen-bond acceptors (Lipinski definition) is 3. The summed E-state index contributed by atoms with van der Waals surface area (Å²) in [6, 6.07) is 14.7. The molecular weight excluding hydrogens is 396 g/mol. The number of benzene rings is 2. The summed E-state index contributed by atoms with van der Waals surface area (Å²) in [7, 11) is 0. The Kier molecular flexibility index (Phi) is 3.95. The molecule has 5 aliphatic carbocycles. The third kappa shape index (κ3) is 2.74. The largest absolute Gasteiger partial charge is 0.378 e. The lowest BCUT2D eigenvalue weighted by molar-refractivity contribution is -0.384. The Bertz CT molecular complexity index is 1080. The van der Waals surface area contributed by atoms with Crippen LogP contribution in [0.15, 0.2) is 54.6 Å². The molecule has 0 amide bonds. The van der Waals surface area contributed by atoms with Crippen LogP contribution < -0.4 is 5.32 Å². The number of nitrogens with one attached hydrogen (secondary N) is 1. The number of rotatable bonds is 3. The van der Waals surface area contributed by atoms with Crippen LogP contribution >= 0.6 is 0 Å². The Hall–Kier alpha value is -2.62. The molecule has 4 bridgehead atoms. The first-order valence-electron chi connectivity index (χ1n) is 12.4. The molecule has 3 atom stereocenters. The zero-order chi connectivity index (χ0) is 21.4. The van der Waals surface area contributed by atoms with Gasteiger partial charge in [0.2, 0.25) is 0 Å². The van der Waals surface area contributed by atoms with Gasteiger partial charge in [-0.3, -0.25) is 10.1 Å². The van der Waals surface area contributed by atoms with Gasteiger partial charge in [0.25, 0.3) is 5.69 Å². The van der Waals surface area contributed by atoms with E-state index in [0.29, 0.717) is 17.3 Å². The summed E-state index contributed by atoms with van der Waals surface area (Å²) in [5.41, 5.74) is 6.04. The van der Waals surface area contributed by atoms with Gasteiger partial charge >= 0.3 is 0 Å². The molecule has 0 aromatic heterocycles. The maximum Gasteiger partial charge on any atom is 0.269 e. The highest BCUT2D eigenvalue weighted by Crippen LogP contribution is 2.61.